The second-order valence-electron chi connectivity index (χ2n) is 5.90. The molecule has 19 heavy (non-hydrogen) atoms. The third-order valence-electron chi connectivity index (χ3n) is 4.46. The lowest BCUT2D eigenvalue weighted by Gasteiger charge is -2.28. The molecule has 2 fully saturated rings. The normalized spacial score (nSPS) is 27.0. The van der Waals surface area contributed by atoms with E-state index in [0.29, 0.717) is 17.7 Å². The molecular formula is C14H22N4O. The zero-order chi connectivity index (χ0) is 13.6. The molecule has 2 heterocycles. The van der Waals surface area contributed by atoms with Crippen LogP contribution in [0.15, 0.2) is 0 Å². The van der Waals surface area contributed by atoms with Crippen LogP contribution in [0.4, 0.5) is 11.6 Å². The van der Waals surface area contributed by atoms with Gasteiger partial charge in [-0.3, -0.25) is 0 Å². The van der Waals surface area contributed by atoms with Crippen molar-refractivity contribution in [2.75, 3.05) is 23.8 Å². The molecule has 2 atom stereocenters. The summed E-state index contributed by atoms with van der Waals surface area (Å²) in [5, 5.41) is 9.60. The number of hydrogen-bond donors (Lipinski definition) is 2. The highest BCUT2D eigenvalue weighted by Crippen LogP contribution is 2.40. The van der Waals surface area contributed by atoms with Crippen LogP contribution < -0.4 is 10.6 Å². The number of aliphatic hydroxyl groups is 1. The Morgan fingerprint density at radius 3 is 2.68 bits per heavy atom. The van der Waals surface area contributed by atoms with Gasteiger partial charge in [0.15, 0.2) is 0 Å². The van der Waals surface area contributed by atoms with Gasteiger partial charge in [0.1, 0.15) is 17.5 Å². The molecule has 1 aliphatic carbocycles. The van der Waals surface area contributed by atoms with E-state index in [4.69, 9.17) is 10.7 Å². The minimum Gasteiger partial charge on any atom is -0.394 e. The van der Waals surface area contributed by atoms with Crippen LogP contribution in [-0.2, 0) is 0 Å². The van der Waals surface area contributed by atoms with E-state index in [1.165, 1.54) is 12.8 Å². The van der Waals surface area contributed by atoms with Crippen molar-refractivity contribution in [3.05, 3.63) is 11.4 Å². The van der Waals surface area contributed by atoms with Crippen LogP contribution in [0.1, 0.15) is 43.5 Å². The summed E-state index contributed by atoms with van der Waals surface area (Å²) >= 11 is 0. The standard InChI is InChI=1S/C14H22N4O/c1-8-5-6-18(11(8)7-19)14-9(2)12(15)16-13(17-14)10-3-4-10/h8,10-11,19H,3-7H2,1-2H3,(H2,15,16,17). The maximum atomic E-state index is 9.60. The van der Waals surface area contributed by atoms with Gasteiger partial charge in [-0.15, -0.1) is 0 Å². The van der Waals surface area contributed by atoms with Crippen LogP contribution in [0, 0.1) is 12.8 Å². The van der Waals surface area contributed by atoms with E-state index in [1.807, 2.05) is 6.92 Å². The molecule has 5 nitrogen and oxygen atoms in total. The molecule has 1 aromatic heterocycles. The van der Waals surface area contributed by atoms with Gasteiger partial charge in [0.25, 0.3) is 0 Å². The van der Waals surface area contributed by atoms with Crippen molar-refractivity contribution in [2.45, 2.75) is 45.1 Å². The summed E-state index contributed by atoms with van der Waals surface area (Å²) < 4.78 is 0. The van der Waals surface area contributed by atoms with Gasteiger partial charge in [0.05, 0.1) is 12.6 Å². The number of aliphatic hydroxyl groups excluding tert-OH is 1. The van der Waals surface area contributed by atoms with Crippen molar-refractivity contribution in [1.82, 2.24) is 9.97 Å². The molecule has 1 aliphatic heterocycles. The van der Waals surface area contributed by atoms with Crippen molar-refractivity contribution in [2.24, 2.45) is 5.92 Å². The summed E-state index contributed by atoms with van der Waals surface area (Å²) in [6, 6.07) is 0.153. The molecule has 0 spiro atoms. The Bertz CT molecular complexity index is 487. The highest BCUT2D eigenvalue weighted by Gasteiger charge is 2.34. The molecule has 2 aliphatic rings. The van der Waals surface area contributed by atoms with E-state index in [-0.39, 0.29) is 12.6 Å². The minimum atomic E-state index is 0.153. The molecule has 3 N–H and O–H groups in total. The van der Waals surface area contributed by atoms with Gasteiger partial charge in [-0.2, -0.15) is 0 Å². The second kappa shape index (κ2) is 4.63. The first-order valence-electron chi connectivity index (χ1n) is 7.13. The average molecular weight is 262 g/mol. The number of rotatable bonds is 3. The summed E-state index contributed by atoms with van der Waals surface area (Å²) in [6.07, 6.45) is 3.43. The van der Waals surface area contributed by atoms with Gasteiger partial charge < -0.3 is 15.7 Å². The highest BCUT2D eigenvalue weighted by atomic mass is 16.3. The third-order valence-corrected chi connectivity index (χ3v) is 4.46. The zero-order valence-electron chi connectivity index (χ0n) is 11.6. The molecule has 104 valence electrons. The van der Waals surface area contributed by atoms with Gasteiger partial charge in [0, 0.05) is 18.0 Å². The number of nitrogens with two attached hydrogens (primary N) is 1. The van der Waals surface area contributed by atoms with Crippen LogP contribution in [0.25, 0.3) is 0 Å². The largest absolute Gasteiger partial charge is 0.394 e. The lowest BCUT2D eigenvalue weighted by atomic mass is 10.0. The van der Waals surface area contributed by atoms with E-state index >= 15 is 0 Å². The van der Waals surface area contributed by atoms with Crippen molar-refractivity contribution in [3.8, 4) is 0 Å². The first kappa shape index (κ1) is 12.7. The Balaban J connectivity index is 1.99. The summed E-state index contributed by atoms with van der Waals surface area (Å²) in [6.45, 7) is 5.26. The first-order chi connectivity index (χ1) is 9.11. The summed E-state index contributed by atoms with van der Waals surface area (Å²) in [4.78, 5) is 11.4. The average Bonchev–Trinajstić information content (AvgIpc) is 3.16. The number of nitrogen functional groups attached to an aromatic ring is 1. The molecule has 2 unspecified atom stereocenters. The third kappa shape index (κ3) is 2.16. The summed E-state index contributed by atoms with van der Waals surface area (Å²) in [5.41, 5.74) is 6.98. The highest BCUT2D eigenvalue weighted by molar-refractivity contribution is 5.58. The smallest absolute Gasteiger partial charge is 0.137 e. The SMILES string of the molecule is Cc1c(N)nc(C2CC2)nc1N1CCC(C)C1CO. The second-order valence-corrected chi connectivity index (χ2v) is 5.90. The minimum absolute atomic E-state index is 0.153. The molecule has 0 aromatic carbocycles. The molecule has 0 amide bonds. The number of nitrogens with zero attached hydrogens (tertiary/aromatic N) is 3. The van der Waals surface area contributed by atoms with Crippen molar-refractivity contribution >= 4 is 11.6 Å². The lowest BCUT2D eigenvalue weighted by molar-refractivity contribution is 0.244. The Hall–Kier alpha value is -1.36. The van der Waals surface area contributed by atoms with E-state index in [1.54, 1.807) is 0 Å². The van der Waals surface area contributed by atoms with Gasteiger partial charge in [-0.25, -0.2) is 9.97 Å². The van der Waals surface area contributed by atoms with Gasteiger partial charge in [0.2, 0.25) is 0 Å². The summed E-state index contributed by atoms with van der Waals surface area (Å²) in [5.74, 6) is 3.38. The molecular weight excluding hydrogens is 240 g/mol. The van der Waals surface area contributed by atoms with Crippen molar-refractivity contribution in [1.29, 1.82) is 0 Å². The Kier molecular flexibility index (Phi) is 3.09. The molecule has 1 saturated carbocycles. The van der Waals surface area contributed by atoms with Gasteiger partial charge >= 0.3 is 0 Å². The molecule has 0 radical (unpaired) electrons. The Morgan fingerprint density at radius 2 is 2.05 bits per heavy atom. The quantitative estimate of drug-likeness (QED) is 0.862. The van der Waals surface area contributed by atoms with Crippen LogP contribution in [0.5, 0.6) is 0 Å². The predicted octanol–water partition coefficient (Wildman–Crippen LogP) is 1.45. The Labute approximate surface area is 113 Å². The van der Waals surface area contributed by atoms with Crippen LogP contribution in [0.2, 0.25) is 0 Å². The van der Waals surface area contributed by atoms with E-state index in [2.05, 4.69) is 16.8 Å². The number of anilines is 2. The lowest BCUT2D eigenvalue weighted by Crippen LogP contribution is -2.36. The number of aromatic nitrogens is 2. The van der Waals surface area contributed by atoms with Crippen LogP contribution in [0.3, 0.4) is 0 Å². The van der Waals surface area contributed by atoms with E-state index < -0.39 is 0 Å². The maximum absolute atomic E-state index is 9.60. The van der Waals surface area contributed by atoms with Crippen molar-refractivity contribution < 1.29 is 5.11 Å². The summed E-state index contributed by atoms with van der Waals surface area (Å²) in [7, 11) is 0. The zero-order valence-corrected chi connectivity index (χ0v) is 11.6. The van der Waals surface area contributed by atoms with Crippen molar-refractivity contribution in [3.63, 3.8) is 0 Å². The van der Waals surface area contributed by atoms with E-state index in [0.717, 1.165) is 30.2 Å². The fourth-order valence-corrected chi connectivity index (χ4v) is 2.89. The molecule has 0 bridgehead atoms. The first-order valence-corrected chi connectivity index (χ1v) is 7.13. The fourth-order valence-electron chi connectivity index (χ4n) is 2.89. The van der Waals surface area contributed by atoms with Crippen LogP contribution >= 0.6 is 0 Å². The molecule has 3 rings (SSSR count). The van der Waals surface area contributed by atoms with Crippen LogP contribution in [-0.4, -0.2) is 34.3 Å². The predicted molar refractivity (Wildman–Crippen MR) is 75.2 cm³/mol. The maximum Gasteiger partial charge on any atom is 0.137 e. The topological polar surface area (TPSA) is 75.3 Å². The fraction of sp³-hybridized carbons (Fsp3) is 0.714. The monoisotopic (exact) mass is 262 g/mol. The number of hydrogen-bond acceptors (Lipinski definition) is 5. The molecule has 5 heteroatoms. The molecule has 1 saturated heterocycles. The van der Waals surface area contributed by atoms with Gasteiger partial charge in [-0.05, 0) is 32.1 Å². The van der Waals surface area contributed by atoms with E-state index in [9.17, 15) is 5.11 Å². The van der Waals surface area contributed by atoms with Gasteiger partial charge in [-0.1, -0.05) is 6.92 Å². The molecule has 1 aromatic rings. The Morgan fingerprint density at radius 1 is 1.32 bits per heavy atom.